The first-order valence-corrected chi connectivity index (χ1v) is 21.6. The molecule has 0 saturated carbocycles. The van der Waals surface area contributed by atoms with Crippen molar-refractivity contribution in [3.63, 3.8) is 0 Å². The molecule has 3 aliphatic heterocycles. The van der Waals surface area contributed by atoms with Gasteiger partial charge in [-0.3, -0.25) is 43.8 Å². The predicted molar refractivity (Wildman–Crippen MR) is 238 cm³/mol. The first kappa shape index (κ1) is 48.0. The maximum Gasteiger partial charge on any atom is 0.417 e. The number of hydrogen-bond acceptors (Lipinski definition) is 13. The fourth-order valence-corrected chi connectivity index (χ4v) is 7.84. The third kappa shape index (κ3) is 11.7. The van der Waals surface area contributed by atoms with Crippen LogP contribution in [-0.2, 0) is 30.0 Å². The minimum Gasteiger partial charge on any atom is -0.382 e. The van der Waals surface area contributed by atoms with E-state index >= 15 is 0 Å². The zero-order valence-corrected chi connectivity index (χ0v) is 36.5. The summed E-state index contributed by atoms with van der Waals surface area (Å²) in [6.45, 7) is 4.94. The molecule has 3 aliphatic rings. The highest BCUT2D eigenvalue weighted by Crippen LogP contribution is 2.36. The van der Waals surface area contributed by atoms with E-state index in [0.717, 1.165) is 24.2 Å². The van der Waals surface area contributed by atoms with Gasteiger partial charge in [-0.05, 0) is 61.0 Å². The lowest BCUT2D eigenvalue weighted by Gasteiger charge is -2.35. The van der Waals surface area contributed by atoms with E-state index < -0.39 is 58.4 Å². The molecule has 21 heteroatoms. The number of likely N-dealkylation sites (N-methyl/N-ethyl adjacent to an activating group) is 1. The summed E-state index contributed by atoms with van der Waals surface area (Å²) in [6.07, 6.45) is -4.07. The third-order valence-electron chi connectivity index (χ3n) is 11.3. The van der Waals surface area contributed by atoms with Gasteiger partial charge < -0.3 is 44.9 Å². The van der Waals surface area contributed by atoms with Crippen LogP contribution < -0.4 is 31.7 Å². The number of rotatable bonds is 19. The van der Waals surface area contributed by atoms with Gasteiger partial charge >= 0.3 is 6.18 Å². The molecule has 0 bridgehead atoms. The number of carbonyl (C=O) groups is 6. The first-order valence-electron chi connectivity index (χ1n) is 21.6. The van der Waals surface area contributed by atoms with Gasteiger partial charge in [0.15, 0.2) is 0 Å². The first-order chi connectivity index (χ1) is 32.2. The van der Waals surface area contributed by atoms with Crippen molar-refractivity contribution in [3.05, 3.63) is 111 Å². The molecule has 1 aromatic heterocycles. The van der Waals surface area contributed by atoms with Crippen molar-refractivity contribution < 1.29 is 56.1 Å². The van der Waals surface area contributed by atoms with Crippen molar-refractivity contribution in [3.8, 4) is 11.1 Å². The summed E-state index contributed by atoms with van der Waals surface area (Å²) in [4.78, 5) is 95.4. The van der Waals surface area contributed by atoms with E-state index in [1.54, 1.807) is 48.5 Å². The van der Waals surface area contributed by atoms with Crippen LogP contribution in [0.25, 0.3) is 11.1 Å². The van der Waals surface area contributed by atoms with Gasteiger partial charge in [-0.15, -0.1) is 0 Å². The molecular formula is C46H49F3N8O10. The van der Waals surface area contributed by atoms with Crippen molar-refractivity contribution in [1.29, 1.82) is 0 Å². The lowest BCUT2D eigenvalue weighted by molar-refractivity contribution is -0.138. The summed E-state index contributed by atoms with van der Waals surface area (Å²) in [6, 6.07) is 16.1. The lowest BCUT2D eigenvalue weighted by atomic mass is 10.0. The second-order valence-corrected chi connectivity index (χ2v) is 15.9. The second-order valence-electron chi connectivity index (χ2n) is 15.9. The van der Waals surface area contributed by atoms with Gasteiger partial charge in [0, 0.05) is 69.2 Å². The number of nitrogens with zero attached hydrogens (tertiary/aromatic N) is 3. The Morgan fingerprint density at radius 1 is 0.761 bits per heavy atom. The number of benzene rings is 3. The van der Waals surface area contributed by atoms with Crippen molar-refractivity contribution in [2.75, 3.05) is 101 Å². The number of nitrogens with one attached hydrogen (secondary N) is 5. The van der Waals surface area contributed by atoms with Crippen LogP contribution in [0, 0.1) is 0 Å². The number of fused-ring (bicyclic) bond motifs is 1. The molecule has 354 valence electrons. The number of piperidine rings is 1. The van der Waals surface area contributed by atoms with E-state index in [-0.39, 0.29) is 75.1 Å². The highest BCUT2D eigenvalue weighted by molar-refractivity contribution is 6.25. The van der Waals surface area contributed by atoms with Gasteiger partial charge in [0.25, 0.3) is 23.6 Å². The summed E-state index contributed by atoms with van der Waals surface area (Å²) in [5.41, 5.74) is 0.355. The van der Waals surface area contributed by atoms with Crippen molar-refractivity contribution in [1.82, 2.24) is 25.4 Å². The Bertz CT molecular complexity index is 2560. The quantitative estimate of drug-likeness (QED) is 0.0674. The molecule has 4 heterocycles. The van der Waals surface area contributed by atoms with E-state index in [0.29, 0.717) is 60.4 Å². The Kier molecular flexibility index (Phi) is 15.5. The molecule has 18 nitrogen and oxygen atoms in total. The lowest BCUT2D eigenvalue weighted by Crippen LogP contribution is -2.54. The van der Waals surface area contributed by atoms with Gasteiger partial charge in [-0.2, -0.15) is 13.2 Å². The Labute approximate surface area is 382 Å². The second kappa shape index (κ2) is 21.6. The average molecular weight is 931 g/mol. The van der Waals surface area contributed by atoms with Gasteiger partial charge in [0.2, 0.25) is 17.4 Å². The minimum atomic E-state index is -4.93. The standard InChI is InChI=1S/C46H49F3N8O10/c1-55-15-17-56(18-16-55)36-10-9-30(25-35(36)53-42(61)32-27-52-39(59)26-33(32)46(47,48)49)28-5-7-29(8-6-28)41(60)51-14-20-66-22-24-67-23-21-65-19-13-50-34-4-2-3-31-40(34)45(64)57(44(31)63)37-11-12-38(58)54-43(37)62/h2-10,25-27,37,50H,11-24H2,1H3,(H,51,60)(H,52,59)(H,53,61)(H,54,58,62). The molecule has 5 N–H and O–H groups in total. The zero-order chi connectivity index (χ0) is 47.7. The monoisotopic (exact) mass is 930 g/mol. The topological polar surface area (TPSA) is 221 Å². The number of hydrogen-bond donors (Lipinski definition) is 5. The Morgan fingerprint density at radius 3 is 2.12 bits per heavy atom. The Morgan fingerprint density at radius 2 is 1.43 bits per heavy atom. The number of ether oxygens (including phenoxy) is 3. The van der Waals surface area contributed by atoms with Gasteiger partial charge in [0.05, 0.1) is 73.3 Å². The van der Waals surface area contributed by atoms with E-state index in [2.05, 4.69) is 31.2 Å². The molecule has 3 aromatic carbocycles. The molecular weight excluding hydrogens is 882 g/mol. The van der Waals surface area contributed by atoms with Crippen LogP contribution in [0.5, 0.6) is 0 Å². The van der Waals surface area contributed by atoms with Crippen molar-refractivity contribution in [2.24, 2.45) is 0 Å². The highest BCUT2D eigenvalue weighted by Gasteiger charge is 2.45. The van der Waals surface area contributed by atoms with E-state index in [9.17, 15) is 46.7 Å². The number of alkyl halides is 3. The van der Waals surface area contributed by atoms with Crippen LogP contribution >= 0.6 is 0 Å². The highest BCUT2D eigenvalue weighted by atomic mass is 19.4. The normalized spacial score (nSPS) is 16.5. The molecule has 0 spiro atoms. The smallest absolute Gasteiger partial charge is 0.382 e. The summed E-state index contributed by atoms with van der Waals surface area (Å²) >= 11 is 0. The molecule has 1 unspecified atom stereocenters. The minimum absolute atomic E-state index is 0.0331. The van der Waals surface area contributed by atoms with Crippen LogP contribution in [0.2, 0.25) is 0 Å². The number of H-pyrrole nitrogens is 1. The molecule has 2 saturated heterocycles. The van der Waals surface area contributed by atoms with E-state index in [1.165, 1.54) is 6.07 Å². The van der Waals surface area contributed by atoms with Gasteiger partial charge in [-0.25, -0.2) is 0 Å². The number of aromatic amines is 1. The van der Waals surface area contributed by atoms with Crippen LogP contribution in [0.1, 0.15) is 59.8 Å². The molecule has 0 aliphatic carbocycles. The molecule has 6 amide bonds. The van der Waals surface area contributed by atoms with Crippen LogP contribution in [0.3, 0.4) is 0 Å². The van der Waals surface area contributed by atoms with Gasteiger partial charge in [-0.1, -0.05) is 24.3 Å². The van der Waals surface area contributed by atoms with Gasteiger partial charge in [0.1, 0.15) is 6.04 Å². The summed E-state index contributed by atoms with van der Waals surface area (Å²) < 4.78 is 58.1. The Balaban J connectivity index is 0.807. The SMILES string of the molecule is CN1CCN(c2ccc(-c3ccc(C(=O)NCCOCCOCCOCCNc4cccc5c4C(=O)N(C4CCC(=O)NC4=O)C5=O)cc3)cc2NC(=O)c2c[nH]c(=O)cc2C(F)(F)F)CC1. The maximum atomic E-state index is 13.8. The fraction of sp³-hybridized carbons (Fsp3) is 0.370. The predicted octanol–water partition coefficient (Wildman–Crippen LogP) is 3.36. The number of halogens is 3. The van der Waals surface area contributed by atoms with Crippen molar-refractivity contribution in [2.45, 2.75) is 25.1 Å². The van der Waals surface area contributed by atoms with Crippen LogP contribution in [-0.4, -0.2) is 142 Å². The number of piperazine rings is 1. The number of anilines is 3. The molecule has 4 aromatic rings. The van der Waals surface area contributed by atoms with E-state index in [4.69, 9.17) is 14.2 Å². The molecule has 0 radical (unpaired) electrons. The largest absolute Gasteiger partial charge is 0.417 e. The van der Waals surface area contributed by atoms with Crippen LogP contribution in [0.4, 0.5) is 30.2 Å². The van der Waals surface area contributed by atoms with E-state index in [1.807, 2.05) is 18.0 Å². The summed E-state index contributed by atoms with van der Waals surface area (Å²) in [5, 5.41) is 10.7. The number of pyridine rings is 1. The molecule has 1 atom stereocenters. The molecule has 67 heavy (non-hydrogen) atoms. The van der Waals surface area contributed by atoms with Crippen molar-refractivity contribution >= 4 is 52.5 Å². The average Bonchev–Trinajstić information content (AvgIpc) is 3.56. The molecule has 2 fully saturated rings. The van der Waals surface area contributed by atoms with Crippen LogP contribution in [0.15, 0.2) is 77.7 Å². The summed E-state index contributed by atoms with van der Waals surface area (Å²) in [5.74, 6) is -3.67. The number of amides is 6. The molecule has 7 rings (SSSR count). The number of aromatic nitrogens is 1. The summed E-state index contributed by atoms with van der Waals surface area (Å²) in [7, 11) is 1.98. The zero-order valence-electron chi connectivity index (χ0n) is 36.5. The number of imide groups is 2. The fourth-order valence-electron chi connectivity index (χ4n) is 7.84. The Hall–Kier alpha value is -6.94. The maximum absolute atomic E-state index is 13.8. The number of carbonyl (C=O) groups excluding carboxylic acids is 6. The third-order valence-corrected chi connectivity index (χ3v) is 11.3.